The Labute approximate surface area is 156 Å². The van der Waals surface area contributed by atoms with Crippen molar-refractivity contribution < 1.29 is 9.59 Å². The average Bonchev–Trinajstić information content (AvgIpc) is 2.66. The topological polar surface area (TPSA) is 95.2 Å². The minimum atomic E-state index is -0.299. The average molecular weight is 364 g/mol. The number of H-pyrrole nitrogens is 1. The van der Waals surface area contributed by atoms with Crippen LogP contribution in [0.25, 0.3) is 10.9 Å². The molecule has 27 heavy (non-hydrogen) atoms. The van der Waals surface area contributed by atoms with Gasteiger partial charge in [-0.3, -0.25) is 14.4 Å². The van der Waals surface area contributed by atoms with Crippen LogP contribution in [-0.2, 0) is 11.3 Å². The molecule has 1 heterocycles. The number of benzene rings is 2. The van der Waals surface area contributed by atoms with Gasteiger partial charge in [-0.1, -0.05) is 30.3 Å². The summed E-state index contributed by atoms with van der Waals surface area (Å²) in [5, 5.41) is 3.13. The van der Waals surface area contributed by atoms with Crippen LogP contribution in [0.3, 0.4) is 0 Å². The van der Waals surface area contributed by atoms with Gasteiger partial charge in [0, 0.05) is 12.6 Å². The van der Waals surface area contributed by atoms with Crippen molar-refractivity contribution in [3.05, 3.63) is 75.8 Å². The molecule has 3 aromatic rings. The Hall–Kier alpha value is -3.48. The van der Waals surface area contributed by atoms with Gasteiger partial charge in [0.15, 0.2) is 0 Å². The summed E-state index contributed by atoms with van der Waals surface area (Å²) in [5.41, 5.74) is 1.71. The van der Waals surface area contributed by atoms with Crippen LogP contribution >= 0.6 is 0 Å². The van der Waals surface area contributed by atoms with Gasteiger partial charge in [-0.25, -0.2) is 4.98 Å². The predicted molar refractivity (Wildman–Crippen MR) is 102 cm³/mol. The van der Waals surface area contributed by atoms with Crippen molar-refractivity contribution in [3.8, 4) is 0 Å². The highest BCUT2D eigenvalue weighted by molar-refractivity contribution is 5.97. The largest absolute Gasteiger partial charge is 0.343 e. The normalized spacial score (nSPS) is 10.6. The van der Waals surface area contributed by atoms with E-state index in [0.717, 1.165) is 5.56 Å². The number of nitrogens with one attached hydrogen (secondary N) is 2. The molecule has 2 N–H and O–H groups in total. The van der Waals surface area contributed by atoms with Crippen molar-refractivity contribution in [2.75, 3.05) is 13.6 Å². The van der Waals surface area contributed by atoms with Crippen molar-refractivity contribution in [3.63, 3.8) is 0 Å². The Morgan fingerprint density at radius 2 is 1.81 bits per heavy atom. The van der Waals surface area contributed by atoms with Crippen LogP contribution in [0.2, 0.25) is 0 Å². The number of nitrogens with zero attached hydrogens (tertiary/aromatic N) is 2. The third kappa shape index (κ3) is 4.20. The van der Waals surface area contributed by atoms with E-state index >= 15 is 0 Å². The summed E-state index contributed by atoms with van der Waals surface area (Å²) in [5.74, 6) is -0.195. The molecule has 0 radical (unpaired) electrons. The Bertz CT molecular complexity index is 1060. The first-order valence-electron chi connectivity index (χ1n) is 8.51. The van der Waals surface area contributed by atoms with Crippen molar-refractivity contribution in [1.29, 1.82) is 0 Å². The fraction of sp³-hybridized carbons (Fsp3) is 0.200. The number of amides is 2. The number of fused-ring (bicyclic) bond motifs is 1. The second-order valence-corrected chi connectivity index (χ2v) is 6.28. The lowest BCUT2D eigenvalue weighted by Gasteiger charge is -2.17. The van der Waals surface area contributed by atoms with Gasteiger partial charge in [0.05, 0.1) is 24.0 Å². The molecule has 7 heteroatoms. The first-order valence-corrected chi connectivity index (χ1v) is 8.51. The maximum Gasteiger partial charge on any atom is 0.258 e. The van der Waals surface area contributed by atoms with Crippen LogP contribution in [-0.4, -0.2) is 40.3 Å². The molecule has 2 amide bonds. The molecule has 0 spiro atoms. The molecule has 7 nitrogen and oxygen atoms in total. The highest BCUT2D eigenvalue weighted by Crippen LogP contribution is 2.08. The van der Waals surface area contributed by atoms with E-state index in [4.69, 9.17) is 0 Å². The number of hydrogen-bond acceptors (Lipinski definition) is 4. The third-order valence-corrected chi connectivity index (χ3v) is 4.26. The predicted octanol–water partition coefficient (Wildman–Crippen LogP) is 1.62. The van der Waals surface area contributed by atoms with E-state index in [2.05, 4.69) is 15.3 Å². The van der Waals surface area contributed by atoms with Gasteiger partial charge in [-0.2, -0.15) is 0 Å². The Kier molecular flexibility index (Phi) is 5.30. The van der Waals surface area contributed by atoms with Crippen molar-refractivity contribution in [1.82, 2.24) is 20.2 Å². The second kappa shape index (κ2) is 7.82. The highest BCUT2D eigenvalue weighted by Gasteiger charge is 2.14. The molecule has 0 fully saturated rings. The highest BCUT2D eigenvalue weighted by atomic mass is 16.2. The Morgan fingerprint density at radius 1 is 1.11 bits per heavy atom. The standard InChI is InChI=1S/C20H20N4O3/c1-13-7-3-4-8-14(13)19(26)21-11-18(25)24(2)12-17-22-16-10-6-5-9-15(16)20(27)23-17/h3-10H,11-12H2,1-2H3,(H,21,26)(H,22,23,27). The number of carbonyl (C=O) groups is 2. The van der Waals surface area contributed by atoms with Crippen LogP contribution in [0.4, 0.5) is 0 Å². The molecule has 0 aliphatic heterocycles. The van der Waals surface area contributed by atoms with E-state index in [-0.39, 0.29) is 30.5 Å². The molecule has 0 atom stereocenters. The quantitative estimate of drug-likeness (QED) is 0.719. The van der Waals surface area contributed by atoms with E-state index in [1.807, 2.05) is 19.1 Å². The number of para-hydroxylation sites is 1. The number of aromatic nitrogens is 2. The minimum Gasteiger partial charge on any atom is -0.343 e. The van der Waals surface area contributed by atoms with Gasteiger partial charge < -0.3 is 15.2 Å². The lowest BCUT2D eigenvalue weighted by atomic mass is 10.1. The number of carbonyl (C=O) groups excluding carboxylic acids is 2. The summed E-state index contributed by atoms with van der Waals surface area (Å²) < 4.78 is 0. The molecule has 0 aliphatic rings. The fourth-order valence-electron chi connectivity index (χ4n) is 2.74. The molecular formula is C20H20N4O3. The molecule has 2 aromatic carbocycles. The molecule has 0 bridgehead atoms. The number of likely N-dealkylation sites (N-methyl/N-ethyl adjacent to an activating group) is 1. The summed E-state index contributed by atoms with van der Waals surface area (Å²) >= 11 is 0. The number of rotatable bonds is 5. The number of aromatic amines is 1. The number of aryl methyl sites for hydroxylation is 1. The fourth-order valence-corrected chi connectivity index (χ4v) is 2.74. The van der Waals surface area contributed by atoms with Gasteiger partial charge in [-0.15, -0.1) is 0 Å². The lowest BCUT2D eigenvalue weighted by molar-refractivity contribution is -0.129. The molecule has 3 rings (SSSR count). The first-order chi connectivity index (χ1) is 13.0. The molecule has 0 saturated carbocycles. The second-order valence-electron chi connectivity index (χ2n) is 6.28. The van der Waals surface area contributed by atoms with Crippen LogP contribution < -0.4 is 10.9 Å². The van der Waals surface area contributed by atoms with E-state index in [1.165, 1.54) is 4.90 Å². The number of hydrogen-bond donors (Lipinski definition) is 2. The van der Waals surface area contributed by atoms with Crippen LogP contribution in [0.5, 0.6) is 0 Å². The minimum absolute atomic E-state index is 0.137. The van der Waals surface area contributed by atoms with E-state index < -0.39 is 0 Å². The van der Waals surface area contributed by atoms with Gasteiger partial charge >= 0.3 is 0 Å². The Balaban J connectivity index is 1.63. The van der Waals surface area contributed by atoms with E-state index in [0.29, 0.717) is 22.3 Å². The summed E-state index contributed by atoms with van der Waals surface area (Å²) in [6, 6.07) is 14.2. The summed E-state index contributed by atoms with van der Waals surface area (Å²) in [7, 11) is 1.59. The summed E-state index contributed by atoms with van der Waals surface area (Å²) in [4.78, 5) is 45.1. The summed E-state index contributed by atoms with van der Waals surface area (Å²) in [6.07, 6.45) is 0. The molecule has 0 saturated heterocycles. The van der Waals surface area contributed by atoms with Crippen molar-refractivity contribution >= 4 is 22.7 Å². The molecule has 0 aliphatic carbocycles. The molecular weight excluding hydrogens is 344 g/mol. The van der Waals surface area contributed by atoms with Crippen molar-refractivity contribution in [2.24, 2.45) is 0 Å². The zero-order valence-electron chi connectivity index (χ0n) is 15.2. The van der Waals surface area contributed by atoms with Gasteiger partial charge in [0.1, 0.15) is 5.82 Å². The molecule has 138 valence electrons. The zero-order valence-corrected chi connectivity index (χ0v) is 15.2. The van der Waals surface area contributed by atoms with Gasteiger partial charge in [0.2, 0.25) is 5.91 Å². The monoisotopic (exact) mass is 364 g/mol. The molecule has 0 unspecified atom stereocenters. The smallest absolute Gasteiger partial charge is 0.258 e. The Morgan fingerprint density at radius 3 is 2.59 bits per heavy atom. The maximum absolute atomic E-state index is 12.3. The van der Waals surface area contributed by atoms with Crippen LogP contribution in [0, 0.1) is 6.92 Å². The van der Waals surface area contributed by atoms with Gasteiger partial charge in [0.25, 0.3) is 11.5 Å². The zero-order chi connectivity index (χ0) is 19.4. The lowest BCUT2D eigenvalue weighted by Crippen LogP contribution is -2.38. The van der Waals surface area contributed by atoms with Gasteiger partial charge in [-0.05, 0) is 30.7 Å². The third-order valence-electron chi connectivity index (χ3n) is 4.26. The summed E-state index contributed by atoms with van der Waals surface area (Å²) in [6.45, 7) is 1.84. The SMILES string of the molecule is Cc1ccccc1C(=O)NCC(=O)N(C)Cc1nc2ccccc2c(=O)[nH]1. The van der Waals surface area contributed by atoms with Crippen molar-refractivity contribution in [2.45, 2.75) is 13.5 Å². The van der Waals surface area contributed by atoms with E-state index in [1.54, 1.807) is 43.4 Å². The maximum atomic E-state index is 12.3. The van der Waals surface area contributed by atoms with E-state index in [9.17, 15) is 14.4 Å². The first kappa shape index (κ1) is 18.3. The molecule has 1 aromatic heterocycles. The van der Waals surface area contributed by atoms with Crippen LogP contribution in [0.1, 0.15) is 21.7 Å². The van der Waals surface area contributed by atoms with Crippen LogP contribution in [0.15, 0.2) is 53.3 Å².